The highest BCUT2D eigenvalue weighted by Crippen LogP contribution is 2.35. The van der Waals surface area contributed by atoms with E-state index in [0.717, 1.165) is 0 Å². The fraction of sp³-hybridized carbons (Fsp3) is 0.462. The van der Waals surface area contributed by atoms with Crippen molar-refractivity contribution in [3.8, 4) is 0 Å². The molecular formula is C13H17N3O3. The molecule has 0 saturated heterocycles. The number of nitrogens with one attached hydrogen (secondary N) is 2. The summed E-state index contributed by atoms with van der Waals surface area (Å²) in [5, 5.41) is 16.9. The van der Waals surface area contributed by atoms with Crippen molar-refractivity contribution in [1.82, 2.24) is 0 Å². The SMILES string of the molecule is CC(C)(C)CNc1cc2c(cc1[N+](=O)[O-])CC(=O)N2. The number of rotatable bonds is 3. The normalized spacial score (nSPS) is 13.9. The molecule has 19 heavy (non-hydrogen) atoms. The van der Waals surface area contributed by atoms with Gasteiger partial charge in [-0.3, -0.25) is 14.9 Å². The van der Waals surface area contributed by atoms with E-state index in [0.29, 0.717) is 23.5 Å². The summed E-state index contributed by atoms with van der Waals surface area (Å²) in [5.74, 6) is -0.128. The Balaban J connectivity index is 2.34. The van der Waals surface area contributed by atoms with Crippen molar-refractivity contribution in [3.05, 3.63) is 27.8 Å². The summed E-state index contributed by atoms with van der Waals surface area (Å²) in [7, 11) is 0. The van der Waals surface area contributed by atoms with Gasteiger partial charge in [0.05, 0.1) is 11.3 Å². The van der Waals surface area contributed by atoms with Crippen LogP contribution in [0.5, 0.6) is 0 Å². The summed E-state index contributed by atoms with van der Waals surface area (Å²) in [6.45, 7) is 6.74. The smallest absolute Gasteiger partial charge is 0.292 e. The van der Waals surface area contributed by atoms with Gasteiger partial charge >= 0.3 is 0 Å². The number of carbonyl (C=O) groups excluding carboxylic acids is 1. The molecule has 0 bridgehead atoms. The lowest BCUT2D eigenvalue weighted by atomic mass is 9.97. The fourth-order valence-corrected chi connectivity index (χ4v) is 1.91. The van der Waals surface area contributed by atoms with Gasteiger partial charge in [-0.2, -0.15) is 0 Å². The molecule has 102 valence electrons. The molecular weight excluding hydrogens is 246 g/mol. The van der Waals surface area contributed by atoms with Gasteiger partial charge in [0.25, 0.3) is 5.69 Å². The van der Waals surface area contributed by atoms with Crippen molar-refractivity contribution in [2.45, 2.75) is 27.2 Å². The van der Waals surface area contributed by atoms with Crippen LogP contribution >= 0.6 is 0 Å². The Morgan fingerprint density at radius 3 is 2.68 bits per heavy atom. The molecule has 0 fully saturated rings. The maximum atomic E-state index is 11.3. The molecule has 0 radical (unpaired) electrons. The molecule has 1 aliphatic heterocycles. The number of carbonyl (C=O) groups is 1. The van der Waals surface area contributed by atoms with Crippen LogP contribution in [0.3, 0.4) is 0 Å². The standard InChI is InChI=1S/C13H17N3O3/c1-13(2,3)7-14-10-6-9-8(5-12(17)15-9)4-11(10)16(18)19/h4,6,14H,5,7H2,1-3H3,(H,15,17). The van der Waals surface area contributed by atoms with Crippen LogP contribution in [-0.4, -0.2) is 17.4 Å². The molecule has 0 atom stereocenters. The summed E-state index contributed by atoms with van der Waals surface area (Å²) in [4.78, 5) is 22.0. The van der Waals surface area contributed by atoms with Crippen LogP contribution < -0.4 is 10.6 Å². The first-order valence-corrected chi connectivity index (χ1v) is 6.11. The molecule has 6 heteroatoms. The Kier molecular flexibility index (Phi) is 3.18. The second-order valence-corrected chi connectivity index (χ2v) is 5.92. The van der Waals surface area contributed by atoms with Crippen LogP contribution in [-0.2, 0) is 11.2 Å². The Labute approximate surface area is 111 Å². The number of anilines is 2. The van der Waals surface area contributed by atoms with E-state index in [1.807, 2.05) is 20.8 Å². The molecule has 1 aliphatic rings. The minimum Gasteiger partial charge on any atom is -0.379 e. The van der Waals surface area contributed by atoms with Crippen LogP contribution in [0.4, 0.5) is 17.1 Å². The minimum atomic E-state index is -0.423. The predicted octanol–water partition coefficient (Wildman–Crippen LogP) is 2.55. The molecule has 0 saturated carbocycles. The molecule has 1 heterocycles. The average molecular weight is 263 g/mol. The van der Waals surface area contributed by atoms with Gasteiger partial charge in [0.15, 0.2) is 0 Å². The molecule has 6 nitrogen and oxygen atoms in total. The molecule has 2 rings (SSSR count). The lowest BCUT2D eigenvalue weighted by molar-refractivity contribution is -0.384. The quantitative estimate of drug-likeness (QED) is 0.648. The van der Waals surface area contributed by atoms with Crippen molar-refractivity contribution < 1.29 is 9.72 Å². The zero-order chi connectivity index (χ0) is 14.2. The van der Waals surface area contributed by atoms with Crippen molar-refractivity contribution in [2.75, 3.05) is 17.2 Å². The number of hydrogen-bond acceptors (Lipinski definition) is 4. The lowest BCUT2D eigenvalue weighted by Gasteiger charge is -2.19. The van der Waals surface area contributed by atoms with Gasteiger partial charge < -0.3 is 10.6 Å². The van der Waals surface area contributed by atoms with E-state index in [9.17, 15) is 14.9 Å². The first-order chi connectivity index (χ1) is 8.76. The Bertz CT molecular complexity index is 547. The van der Waals surface area contributed by atoms with E-state index < -0.39 is 4.92 Å². The van der Waals surface area contributed by atoms with Crippen LogP contribution in [0.25, 0.3) is 0 Å². The van der Waals surface area contributed by atoms with E-state index in [2.05, 4.69) is 10.6 Å². The highest BCUT2D eigenvalue weighted by Gasteiger charge is 2.25. The maximum Gasteiger partial charge on any atom is 0.292 e. The third-order valence-corrected chi connectivity index (χ3v) is 2.85. The predicted molar refractivity (Wildman–Crippen MR) is 73.4 cm³/mol. The van der Waals surface area contributed by atoms with Crippen molar-refractivity contribution in [2.24, 2.45) is 5.41 Å². The number of nitro benzene ring substituents is 1. The van der Waals surface area contributed by atoms with Gasteiger partial charge in [-0.25, -0.2) is 0 Å². The van der Waals surface area contributed by atoms with Gasteiger partial charge in [0.1, 0.15) is 5.69 Å². The molecule has 0 aromatic heterocycles. The number of amides is 1. The number of fused-ring (bicyclic) bond motifs is 1. The van der Waals surface area contributed by atoms with Crippen molar-refractivity contribution in [3.63, 3.8) is 0 Å². The first kappa shape index (κ1) is 13.3. The van der Waals surface area contributed by atoms with Crippen LogP contribution in [0.15, 0.2) is 12.1 Å². The van der Waals surface area contributed by atoms with Gasteiger partial charge in [0, 0.05) is 18.3 Å². The molecule has 1 aromatic carbocycles. The molecule has 0 spiro atoms. The topological polar surface area (TPSA) is 84.3 Å². The number of benzene rings is 1. The van der Waals surface area contributed by atoms with Crippen LogP contribution in [0.2, 0.25) is 0 Å². The maximum absolute atomic E-state index is 11.3. The van der Waals surface area contributed by atoms with E-state index in [1.165, 1.54) is 6.07 Å². The average Bonchev–Trinajstić information content (AvgIpc) is 2.62. The molecule has 0 unspecified atom stereocenters. The molecule has 1 aromatic rings. The van der Waals surface area contributed by atoms with E-state index in [-0.39, 0.29) is 23.4 Å². The second-order valence-electron chi connectivity index (χ2n) is 5.92. The van der Waals surface area contributed by atoms with E-state index >= 15 is 0 Å². The van der Waals surface area contributed by atoms with Gasteiger partial charge in [0.2, 0.25) is 5.91 Å². The largest absolute Gasteiger partial charge is 0.379 e. The summed E-state index contributed by atoms with van der Waals surface area (Å²) in [6, 6.07) is 3.11. The number of nitro groups is 1. The summed E-state index contributed by atoms with van der Waals surface area (Å²) >= 11 is 0. The Hall–Kier alpha value is -2.11. The molecule has 0 aliphatic carbocycles. The Morgan fingerprint density at radius 1 is 1.42 bits per heavy atom. The van der Waals surface area contributed by atoms with Crippen LogP contribution in [0.1, 0.15) is 26.3 Å². The zero-order valence-electron chi connectivity index (χ0n) is 11.2. The summed E-state index contributed by atoms with van der Waals surface area (Å²) < 4.78 is 0. The van der Waals surface area contributed by atoms with Crippen LogP contribution in [0, 0.1) is 15.5 Å². The second kappa shape index (κ2) is 4.53. The van der Waals surface area contributed by atoms with E-state index in [4.69, 9.17) is 0 Å². The summed E-state index contributed by atoms with van der Waals surface area (Å²) in [6.07, 6.45) is 0.204. The monoisotopic (exact) mass is 263 g/mol. The Morgan fingerprint density at radius 2 is 2.11 bits per heavy atom. The summed E-state index contributed by atoms with van der Waals surface area (Å²) in [5.41, 5.74) is 1.81. The first-order valence-electron chi connectivity index (χ1n) is 6.11. The molecule has 1 amide bonds. The third-order valence-electron chi connectivity index (χ3n) is 2.85. The zero-order valence-corrected chi connectivity index (χ0v) is 11.2. The third kappa shape index (κ3) is 3.01. The lowest BCUT2D eigenvalue weighted by Crippen LogP contribution is -2.19. The number of hydrogen-bond donors (Lipinski definition) is 2. The van der Waals surface area contributed by atoms with Gasteiger partial charge in [-0.1, -0.05) is 20.8 Å². The fourth-order valence-electron chi connectivity index (χ4n) is 1.91. The minimum absolute atomic E-state index is 0.0101. The van der Waals surface area contributed by atoms with Crippen molar-refractivity contribution in [1.29, 1.82) is 0 Å². The highest BCUT2D eigenvalue weighted by molar-refractivity contribution is 6.00. The van der Waals surface area contributed by atoms with Gasteiger partial charge in [-0.05, 0) is 17.0 Å². The molecule has 2 N–H and O–H groups in total. The highest BCUT2D eigenvalue weighted by atomic mass is 16.6. The van der Waals surface area contributed by atoms with Gasteiger partial charge in [-0.15, -0.1) is 0 Å². The van der Waals surface area contributed by atoms with Crippen molar-refractivity contribution >= 4 is 23.0 Å². The van der Waals surface area contributed by atoms with E-state index in [1.54, 1.807) is 6.07 Å². The number of nitrogens with zero attached hydrogens (tertiary/aromatic N) is 1.